The van der Waals surface area contributed by atoms with Crippen LogP contribution in [0.4, 0.5) is 0 Å². The molecule has 0 aliphatic carbocycles. The van der Waals surface area contributed by atoms with Gasteiger partial charge in [0.2, 0.25) is 0 Å². The number of hydrogen-bond acceptors (Lipinski definition) is 2. The fourth-order valence-electron chi connectivity index (χ4n) is 3.08. The van der Waals surface area contributed by atoms with Gasteiger partial charge in [0.15, 0.2) is 0 Å². The Kier molecular flexibility index (Phi) is 4.65. The number of para-hydroxylation sites is 1. The van der Waals surface area contributed by atoms with Crippen molar-refractivity contribution in [3.8, 4) is 0 Å². The average Bonchev–Trinajstić information content (AvgIpc) is 2.98. The normalized spacial score (nSPS) is 15.8. The number of likely N-dealkylation sites (tertiary alicyclic amines) is 1. The summed E-state index contributed by atoms with van der Waals surface area (Å²) < 4.78 is 0. The number of rotatable bonds is 3. The van der Waals surface area contributed by atoms with Crippen molar-refractivity contribution in [3.63, 3.8) is 0 Å². The Morgan fingerprint density at radius 3 is 2.78 bits per heavy atom. The van der Waals surface area contributed by atoms with E-state index in [2.05, 4.69) is 23.3 Å². The number of nitrogens with zero attached hydrogens (tertiary/aromatic N) is 1. The molecule has 1 aliphatic rings. The first-order chi connectivity index (χ1) is 11.1. The predicted molar refractivity (Wildman–Crippen MR) is 90.0 cm³/mol. The van der Waals surface area contributed by atoms with Gasteiger partial charge in [0.1, 0.15) is 0 Å². The maximum absolute atomic E-state index is 12.1. The minimum atomic E-state index is -0.487. The molecule has 23 heavy (non-hydrogen) atoms. The van der Waals surface area contributed by atoms with Crippen LogP contribution in [0.3, 0.4) is 0 Å². The van der Waals surface area contributed by atoms with Gasteiger partial charge in [-0.3, -0.25) is 9.59 Å². The number of carbonyl (C=O) groups is 2. The number of nitrogens with one attached hydrogen (secondary N) is 2. The van der Waals surface area contributed by atoms with Crippen molar-refractivity contribution in [2.24, 2.45) is 5.92 Å². The van der Waals surface area contributed by atoms with Crippen molar-refractivity contribution in [1.29, 1.82) is 0 Å². The van der Waals surface area contributed by atoms with Crippen LogP contribution in [0.15, 0.2) is 30.5 Å². The predicted octanol–water partition coefficient (Wildman–Crippen LogP) is 2.09. The Morgan fingerprint density at radius 1 is 1.26 bits per heavy atom. The Morgan fingerprint density at radius 2 is 2.00 bits per heavy atom. The molecule has 2 amide bonds. The molecule has 0 spiro atoms. The van der Waals surface area contributed by atoms with Gasteiger partial charge in [0, 0.05) is 36.7 Å². The number of H-pyrrole nitrogens is 1. The lowest BCUT2D eigenvalue weighted by Crippen LogP contribution is -2.46. The molecule has 122 valence electrons. The van der Waals surface area contributed by atoms with Crippen molar-refractivity contribution in [2.75, 3.05) is 19.6 Å². The van der Waals surface area contributed by atoms with Crippen LogP contribution >= 0.6 is 0 Å². The number of fused-ring (bicyclic) bond motifs is 1. The SMILES string of the molecule is CC1CCN(C(=O)C(=O)NCCc2c[nH]c3ccccc23)CC1. The zero-order chi connectivity index (χ0) is 16.2. The van der Waals surface area contributed by atoms with E-state index in [0.29, 0.717) is 32.0 Å². The van der Waals surface area contributed by atoms with Crippen LogP contribution in [0, 0.1) is 5.92 Å². The van der Waals surface area contributed by atoms with Crippen molar-refractivity contribution in [2.45, 2.75) is 26.2 Å². The summed E-state index contributed by atoms with van der Waals surface area (Å²) in [4.78, 5) is 29.0. The maximum atomic E-state index is 12.1. The van der Waals surface area contributed by atoms with E-state index < -0.39 is 11.8 Å². The third kappa shape index (κ3) is 3.55. The molecule has 0 saturated carbocycles. The summed E-state index contributed by atoms with van der Waals surface area (Å²) in [6.45, 7) is 4.03. The van der Waals surface area contributed by atoms with Crippen LogP contribution in [-0.4, -0.2) is 41.3 Å². The van der Waals surface area contributed by atoms with Gasteiger partial charge in [-0.25, -0.2) is 0 Å². The van der Waals surface area contributed by atoms with E-state index in [0.717, 1.165) is 29.3 Å². The number of amides is 2. The van der Waals surface area contributed by atoms with Crippen molar-refractivity contribution in [3.05, 3.63) is 36.0 Å². The molecule has 5 nitrogen and oxygen atoms in total. The second-order valence-electron chi connectivity index (χ2n) is 6.34. The van der Waals surface area contributed by atoms with E-state index in [4.69, 9.17) is 0 Å². The topological polar surface area (TPSA) is 65.2 Å². The molecule has 2 aromatic rings. The highest BCUT2D eigenvalue weighted by Crippen LogP contribution is 2.18. The summed E-state index contributed by atoms with van der Waals surface area (Å²) in [5, 5.41) is 3.91. The first kappa shape index (κ1) is 15.6. The fourth-order valence-corrected chi connectivity index (χ4v) is 3.08. The van der Waals surface area contributed by atoms with Gasteiger partial charge in [-0.2, -0.15) is 0 Å². The second kappa shape index (κ2) is 6.86. The Balaban J connectivity index is 1.50. The highest BCUT2D eigenvalue weighted by Gasteiger charge is 2.25. The summed E-state index contributed by atoms with van der Waals surface area (Å²) >= 11 is 0. The number of piperidine rings is 1. The molecule has 0 unspecified atom stereocenters. The molecule has 5 heteroatoms. The number of hydrogen-bond donors (Lipinski definition) is 2. The molecule has 0 radical (unpaired) electrons. The standard InChI is InChI=1S/C18H23N3O2/c1-13-7-10-21(11-8-13)18(23)17(22)19-9-6-14-12-20-16-5-3-2-4-15(14)16/h2-5,12-13,20H,6-11H2,1H3,(H,19,22). The molecule has 1 aliphatic heterocycles. The van der Waals surface area contributed by atoms with E-state index in [1.54, 1.807) is 4.90 Å². The number of aromatic nitrogens is 1. The molecule has 2 N–H and O–H groups in total. The zero-order valence-electron chi connectivity index (χ0n) is 13.5. The maximum Gasteiger partial charge on any atom is 0.311 e. The van der Waals surface area contributed by atoms with Crippen LogP contribution in [0.5, 0.6) is 0 Å². The van der Waals surface area contributed by atoms with Crippen LogP contribution in [0.1, 0.15) is 25.3 Å². The van der Waals surface area contributed by atoms with Gasteiger partial charge in [-0.1, -0.05) is 25.1 Å². The highest BCUT2D eigenvalue weighted by molar-refractivity contribution is 6.35. The molecule has 2 heterocycles. The molecule has 1 saturated heterocycles. The van der Waals surface area contributed by atoms with E-state index in [9.17, 15) is 9.59 Å². The van der Waals surface area contributed by atoms with Gasteiger partial charge < -0.3 is 15.2 Å². The molecule has 0 bridgehead atoms. The van der Waals surface area contributed by atoms with E-state index >= 15 is 0 Å². The fraction of sp³-hybridized carbons (Fsp3) is 0.444. The van der Waals surface area contributed by atoms with E-state index in [1.807, 2.05) is 24.4 Å². The van der Waals surface area contributed by atoms with Crippen molar-refractivity contribution < 1.29 is 9.59 Å². The molecular weight excluding hydrogens is 290 g/mol. The Hall–Kier alpha value is -2.30. The minimum Gasteiger partial charge on any atom is -0.361 e. The average molecular weight is 313 g/mol. The van der Waals surface area contributed by atoms with Crippen LogP contribution in [0.2, 0.25) is 0 Å². The largest absolute Gasteiger partial charge is 0.361 e. The first-order valence-electron chi connectivity index (χ1n) is 8.27. The van der Waals surface area contributed by atoms with E-state index in [1.165, 1.54) is 0 Å². The monoisotopic (exact) mass is 313 g/mol. The summed E-state index contributed by atoms with van der Waals surface area (Å²) in [7, 11) is 0. The highest BCUT2D eigenvalue weighted by atomic mass is 16.2. The van der Waals surface area contributed by atoms with Gasteiger partial charge in [0.05, 0.1) is 0 Å². The quantitative estimate of drug-likeness (QED) is 0.852. The Labute approximate surface area is 136 Å². The molecule has 3 rings (SSSR count). The number of carbonyl (C=O) groups excluding carboxylic acids is 2. The minimum absolute atomic E-state index is 0.393. The zero-order valence-corrected chi connectivity index (χ0v) is 13.5. The summed E-state index contributed by atoms with van der Waals surface area (Å²) in [5.74, 6) is -0.237. The van der Waals surface area contributed by atoms with Crippen LogP contribution in [0.25, 0.3) is 10.9 Å². The van der Waals surface area contributed by atoms with Gasteiger partial charge in [-0.15, -0.1) is 0 Å². The lowest BCUT2D eigenvalue weighted by molar-refractivity contribution is -0.146. The first-order valence-corrected chi connectivity index (χ1v) is 8.27. The molecular formula is C18H23N3O2. The summed E-state index contributed by atoms with van der Waals surface area (Å²) in [5.41, 5.74) is 2.24. The smallest absolute Gasteiger partial charge is 0.311 e. The Bertz CT molecular complexity index is 699. The van der Waals surface area contributed by atoms with Gasteiger partial charge in [0.25, 0.3) is 0 Å². The van der Waals surface area contributed by atoms with Crippen molar-refractivity contribution in [1.82, 2.24) is 15.2 Å². The van der Waals surface area contributed by atoms with Crippen LogP contribution < -0.4 is 5.32 Å². The molecule has 1 aromatic heterocycles. The third-order valence-electron chi connectivity index (χ3n) is 4.62. The lowest BCUT2D eigenvalue weighted by Gasteiger charge is -2.29. The van der Waals surface area contributed by atoms with Crippen molar-refractivity contribution >= 4 is 22.7 Å². The summed E-state index contributed by atoms with van der Waals surface area (Å²) in [6.07, 6.45) is 4.63. The van der Waals surface area contributed by atoms with Gasteiger partial charge in [-0.05, 0) is 36.8 Å². The molecule has 0 atom stereocenters. The van der Waals surface area contributed by atoms with E-state index in [-0.39, 0.29) is 0 Å². The lowest BCUT2D eigenvalue weighted by atomic mass is 9.99. The number of aromatic amines is 1. The van der Waals surface area contributed by atoms with Crippen LogP contribution in [-0.2, 0) is 16.0 Å². The molecule has 1 aromatic carbocycles. The molecule has 1 fully saturated rings. The number of benzene rings is 1. The summed E-state index contributed by atoms with van der Waals surface area (Å²) in [6, 6.07) is 8.07. The third-order valence-corrected chi connectivity index (χ3v) is 4.62. The van der Waals surface area contributed by atoms with Gasteiger partial charge >= 0.3 is 11.8 Å². The second-order valence-corrected chi connectivity index (χ2v) is 6.34.